The Balaban J connectivity index is 0.957. The zero-order chi connectivity index (χ0) is 42.2. The van der Waals surface area contributed by atoms with Crippen LogP contribution in [0.2, 0.25) is 0 Å². The van der Waals surface area contributed by atoms with Crippen molar-refractivity contribution in [1.29, 1.82) is 0 Å². The van der Waals surface area contributed by atoms with E-state index in [0.717, 1.165) is 50.8 Å². The SMILES string of the molecule is c1ccc(-c2ccc(N(c3ccc(-c4ccccc4)cc3)c3ccc(-c4ccc5c(c4)C4(c6ccccc6O5)c5ccccc5-n5c6ccccc6c6cccc4c65)cc3)cc2)cc1. The summed E-state index contributed by atoms with van der Waals surface area (Å²) in [6.07, 6.45) is 0. The lowest BCUT2D eigenvalue weighted by Gasteiger charge is -2.45. The molecule has 0 N–H and O–H groups in total. The molecule has 0 amide bonds. The van der Waals surface area contributed by atoms with Gasteiger partial charge in [-0.25, -0.2) is 0 Å². The fraction of sp³-hybridized carbons (Fsp3) is 0.0164. The first-order valence-electron chi connectivity index (χ1n) is 22.0. The van der Waals surface area contributed by atoms with Crippen LogP contribution in [0.25, 0.3) is 60.9 Å². The molecule has 1 spiro atoms. The number of ether oxygens (including phenoxy) is 1. The molecule has 2 aliphatic rings. The molecule has 0 radical (unpaired) electrons. The van der Waals surface area contributed by atoms with Crippen LogP contribution in [0.1, 0.15) is 22.3 Å². The van der Waals surface area contributed by atoms with Crippen LogP contribution in [-0.4, -0.2) is 4.57 Å². The van der Waals surface area contributed by atoms with E-state index < -0.39 is 5.41 Å². The number of hydrogen-bond acceptors (Lipinski definition) is 2. The lowest BCUT2D eigenvalue weighted by molar-refractivity contribution is 0.434. The maximum absolute atomic E-state index is 6.86. The number of hydrogen-bond donors (Lipinski definition) is 0. The third kappa shape index (κ3) is 5.41. The fourth-order valence-electron chi connectivity index (χ4n) is 10.6. The molecule has 300 valence electrons. The van der Waals surface area contributed by atoms with Gasteiger partial charge in [-0.2, -0.15) is 0 Å². The molecule has 0 bridgehead atoms. The van der Waals surface area contributed by atoms with Gasteiger partial charge in [0.15, 0.2) is 0 Å². The molecule has 0 saturated carbocycles. The van der Waals surface area contributed by atoms with Crippen LogP contribution in [0, 0.1) is 0 Å². The van der Waals surface area contributed by atoms with E-state index in [1.54, 1.807) is 0 Å². The van der Waals surface area contributed by atoms with Gasteiger partial charge >= 0.3 is 0 Å². The molecule has 1 atom stereocenters. The number of para-hydroxylation sites is 4. The second-order valence-electron chi connectivity index (χ2n) is 16.8. The van der Waals surface area contributed by atoms with E-state index in [1.807, 2.05) is 0 Å². The van der Waals surface area contributed by atoms with Crippen molar-refractivity contribution in [1.82, 2.24) is 4.57 Å². The van der Waals surface area contributed by atoms with Gasteiger partial charge < -0.3 is 14.2 Å². The van der Waals surface area contributed by atoms with Gasteiger partial charge in [0, 0.05) is 39.0 Å². The zero-order valence-corrected chi connectivity index (χ0v) is 34.9. The molecular formula is C61H40N2O. The van der Waals surface area contributed by atoms with Crippen molar-refractivity contribution in [2.75, 3.05) is 4.90 Å². The third-order valence-corrected chi connectivity index (χ3v) is 13.5. The van der Waals surface area contributed by atoms with Crippen molar-refractivity contribution in [3.8, 4) is 50.6 Å². The van der Waals surface area contributed by atoms with Crippen LogP contribution >= 0.6 is 0 Å². The molecular weight excluding hydrogens is 777 g/mol. The van der Waals surface area contributed by atoms with Gasteiger partial charge in [0.2, 0.25) is 0 Å². The minimum atomic E-state index is -0.630. The summed E-state index contributed by atoms with van der Waals surface area (Å²) in [5.41, 5.74) is 18.1. The molecule has 3 heterocycles. The minimum absolute atomic E-state index is 0.630. The van der Waals surface area contributed by atoms with Crippen LogP contribution in [0.5, 0.6) is 11.5 Å². The van der Waals surface area contributed by atoms with Crippen LogP contribution in [0.3, 0.4) is 0 Å². The Morgan fingerprint density at radius 2 is 0.797 bits per heavy atom. The Morgan fingerprint density at radius 1 is 0.328 bits per heavy atom. The smallest absolute Gasteiger partial charge is 0.132 e. The molecule has 1 unspecified atom stereocenters. The van der Waals surface area contributed by atoms with Gasteiger partial charge in [-0.15, -0.1) is 0 Å². The van der Waals surface area contributed by atoms with Crippen molar-refractivity contribution in [3.05, 3.63) is 265 Å². The third-order valence-electron chi connectivity index (χ3n) is 13.5. The molecule has 0 fully saturated rings. The Kier molecular flexibility index (Phi) is 8.13. The Hall–Kier alpha value is -8.40. The van der Waals surface area contributed by atoms with Crippen molar-refractivity contribution in [3.63, 3.8) is 0 Å². The number of anilines is 3. The maximum atomic E-state index is 6.86. The van der Waals surface area contributed by atoms with Crippen LogP contribution in [0.15, 0.2) is 243 Å². The van der Waals surface area contributed by atoms with Gasteiger partial charge in [0.05, 0.1) is 22.1 Å². The predicted molar refractivity (Wildman–Crippen MR) is 264 cm³/mol. The standard InChI is InChI=1S/C61H40N2O/c1-3-14-41(15-4-1)43-26-33-47(34-27-43)62(48-35-28-44(29-36-48)42-16-5-2-6-17-42)49-37-30-45(31-38-49)46-32-39-59-55(40-46)61(53-21-9-12-25-58(53)64-59)52-20-8-11-24-57(52)63-56-23-10-7-18-50(56)51-19-13-22-54(61)60(51)63/h1-40H. The highest BCUT2D eigenvalue weighted by Gasteiger charge is 2.50. The quantitative estimate of drug-likeness (QED) is 0.166. The van der Waals surface area contributed by atoms with E-state index in [0.29, 0.717) is 0 Å². The topological polar surface area (TPSA) is 17.4 Å². The molecule has 64 heavy (non-hydrogen) atoms. The Morgan fingerprint density at radius 3 is 1.45 bits per heavy atom. The number of benzene rings is 10. The summed E-state index contributed by atoms with van der Waals surface area (Å²) in [6, 6.07) is 88.0. The van der Waals surface area contributed by atoms with E-state index in [2.05, 4.69) is 252 Å². The van der Waals surface area contributed by atoms with E-state index in [1.165, 1.54) is 60.9 Å². The van der Waals surface area contributed by atoms with Gasteiger partial charge in [-0.1, -0.05) is 176 Å². The summed E-state index contributed by atoms with van der Waals surface area (Å²) in [7, 11) is 0. The van der Waals surface area contributed by atoms with Gasteiger partial charge in [-0.3, -0.25) is 0 Å². The highest BCUT2D eigenvalue weighted by Crippen LogP contribution is 2.60. The lowest BCUT2D eigenvalue weighted by Crippen LogP contribution is -2.37. The molecule has 10 aromatic carbocycles. The first-order valence-corrected chi connectivity index (χ1v) is 22.0. The number of nitrogens with zero attached hydrogens (tertiary/aromatic N) is 2. The fourth-order valence-corrected chi connectivity index (χ4v) is 10.6. The van der Waals surface area contributed by atoms with E-state index >= 15 is 0 Å². The van der Waals surface area contributed by atoms with Crippen LogP contribution in [-0.2, 0) is 5.41 Å². The summed E-state index contributed by atoms with van der Waals surface area (Å²) < 4.78 is 9.35. The second kappa shape index (κ2) is 14.3. The molecule has 0 aliphatic carbocycles. The molecule has 3 heteroatoms. The summed E-state index contributed by atoms with van der Waals surface area (Å²) >= 11 is 0. The first kappa shape index (κ1) is 36.3. The summed E-state index contributed by atoms with van der Waals surface area (Å²) in [4.78, 5) is 2.35. The van der Waals surface area contributed by atoms with Crippen molar-refractivity contribution < 1.29 is 4.74 Å². The Bertz CT molecular complexity index is 3470. The molecule has 11 aromatic rings. The van der Waals surface area contributed by atoms with Crippen molar-refractivity contribution in [2.45, 2.75) is 5.41 Å². The van der Waals surface area contributed by atoms with Crippen molar-refractivity contribution in [2.24, 2.45) is 0 Å². The van der Waals surface area contributed by atoms with Gasteiger partial charge in [0.1, 0.15) is 11.5 Å². The second-order valence-corrected chi connectivity index (χ2v) is 16.8. The maximum Gasteiger partial charge on any atom is 0.132 e. The highest BCUT2D eigenvalue weighted by atomic mass is 16.5. The van der Waals surface area contributed by atoms with Crippen molar-refractivity contribution >= 4 is 38.9 Å². The number of fused-ring (bicyclic) bond motifs is 11. The van der Waals surface area contributed by atoms with Gasteiger partial charge in [0.25, 0.3) is 0 Å². The predicted octanol–water partition coefficient (Wildman–Crippen LogP) is 16.1. The first-order chi connectivity index (χ1) is 31.7. The van der Waals surface area contributed by atoms with Crippen LogP contribution < -0.4 is 9.64 Å². The molecule has 3 nitrogen and oxygen atoms in total. The minimum Gasteiger partial charge on any atom is -0.457 e. The zero-order valence-electron chi connectivity index (χ0n) is 34.9. The molecule has 1 aromatic heterocycles. The highest BCUT2D eigenvalue weighted by molar-refractivity contribution is 6.12. The summed E-state index contributed by atoms with van der Waals surface area (Å²) in [5.74, 6) is 1.76. The number of rotatable bonds is 6. The molecule has 0 saturated heterocycles. The van der Waals surface area contributed by atoms with E-state index in [9.17, 15) is 0 Å². The average molecular weight is 817 g/mol. The largest absolute Gasteiger partial charge is 0.457 e. The van der Waals surface area contributed by atoms with Crippen LogP contribution in [0.4, 0.5) is 17.1 Å². The lowest BCUT2D eigenvalue weighted by atomic mass is 9.61. The summed E-state index contributed by atoms with van der Waals surface area (Å²) in [6.45, 7) is 0. The number of aromatic nitrogens is 1. The molecule has 13 rings (SSSR count). The average Bonchev–Trinajstić information content (AvgIpc) is 3.71. The summed E-state index contributed by atoms with van der Waals surface area (Å²) in [5, 5.41) is 2.52. The van der Waals surface area contributed by atoms with E-state index in [-0.39, 0.29) is 0 Å². The Labute approximate surface area is 372 Å². The monoisotopic (exact) mass is 816 g/mol. The van der Waals surface area contributed by atoms with E-state index in [4.69, 9.17) is 4.74 Å². The van der Waals surface area contributed by atoms with Gasteiger partial charge in [-0.05, 0) is 111 Å². The molecule has 2 aliphatic heterocycles. The normalized spacial score (nSPS) is 14.4.